The Labute approximate surface area is 167 Å². The Morgan fingerprint density at radius 1 is 1.33 bits per heavy atom. The number of carbonyl (C=O) groups excluding carboxylic acids is 1. The van der Waals surface area contributed by atoms with Crippen molar-refractivity contribution >= 4 is 29.6 Å². The summed E-state index contributed by atoms with van der Waals surface area (Å²) in [4.78, 5) is 12.1. The third-order valence-electron chi connectivity index (χ3n) is 3.33. The van der Waals surface area contributed by atoms with Crippen LogP contribution in [0.25, 0.3) is 0 Å². The number of benzene rings is 1. The van der Waals surface area contributed by atoms with Crippen molar-refractivity contribution < 1.29 is 18.3 Å². The number of nitrogens with zero attached hydrogens (tertiary/aromatic N) is 2. The van der Waals surface area contributed by atoms with Gasteiger partial charge in [0.1, 0.15) is 17.5 Å². The van der Waals surface area contributed by atoms with Crippen LogP contribution in [0.4, 0.5) is 9.18 Å². The van der Waals surface area contributed by atoms with Gasteiger partial charge in [-0.1, -0.05) is 30.0 Å². The van der Waals surface area contributed by atoms with Gasteiger partial charge >= 0.3 is 6.09 Å². The van der Waals surface area contributed by atoms with Crippen LogP contribution in [0.1, 0.15) is 44.7 Å². The Morgan fingerprint density at radius 3 is 2.74 bits per heavy atom. The molecule has 2 rings (SSSR count). The van der Waals surface area contributed by atoms with Crippen LogP contribution >= 0.6 is 23.5 Å². The van der Waals surface area contributed by atoms with Gasteiger partial charge in [0.25, 0.3) is 5.22 Å². The van der Waals surface area contributed by atoms with Gasteiger partial charge in [-0.15, -0.1) is 10.2 Å². The molecule has 0 aliphatic carbocycles. The van der Waals surface area contributed by atoms with Crippen LogP contribution in [0.3, 0.4) is 0 Å². The normalized spacial score (nSPS) is 12.6. The third kappa shape index (κ3) is 7.42. The number of amides is 1. The molecule has 27 heavy (non-hydrogen) atoms. The number of aromatic nitrogens is 2. The third-order valence-corrected chi connectivity index (χ3v) is 4.84. The molecule has 1 heterocycles. The van der Waals surface area contributed by atoms with Gasteiger partial charge in [-0.3, -0.25) is 0 Å². The molecule has 1 atom stereocenters. The second kappa shape index (κ2) is 9.98. The van der Waals surface area contributed by atoms with Crippen LogP contribution in [0.2, 0.25) is 0 Å². The summed E-state index contributed by atoms with van der Waals surface area (Å²) in [5.74, 6) is 1.23. The van der Waals surface area contributed by atoms with Crippen molar-refractivity contribution in [3.05, 3.63) is 41.5 Å². The Morgan fingerprint density at radius 2 is 2.07 bits per heavy atom. The summed E-state index contributed by atoms with van der Waals surface area (Å²) in [6.45, 7) is 5.40. The first-order valence-corrected chi connectivity index (χ1v) is 10.8. The maximum absolute atomic E-state index is 13.7. The van der Waals surface area contributed by atoms with Crippen LogP contribution in [-0.2, 0) is 10.5 Å². The fraction of sp³-hybridized carbons (Fsp3) is 0.500. The fourth-order valence-electron chi connectivity index (χ4n) is 2.12. The fourth-order valence-corrected chi connectivity index (χ4v) is 3.34. The molecule has 0 bridgehead atoms. The summed E-state index contributed by atoms with van der Waals surface area (Å²) in [6, 6.07) is 6.11. The van der Waals surface area contributed by atoms with Crippen molar-refractivity contribution in [2.24, 2.45) is 0 Å². The molecule has 0 aliphatic heterocycles. The van der Waals surface area contributed by atoms with E-state index in [0.29, 0.717) is 28.9 Å². The average molecular weight is 414 g/mol. The molecule has 6 nitrogen and oxygen atoms in total. The standard InChI is InChI=1S/C18H24FN3O3S2/c1-18(2,3)25-16(23)20-14(9-10-26-4)15-21-22-17(24-15)27-11-12-7-5-6-8-13(12)19/h5-8,14H,9-11H2,1-4H3,(H,20,23). The van der Waals surface area contributed by atoms with Gasteiger partial charge in [-0.05, 0) is 50.8 Å². The number of hydrogen-bond acceptors (Lipinski definition) is 7. The molecule has 1 aromatic heterocycles. The number of alkyl carbamates (subject to hydrolysis) is 1. The van der Waals surface area contributed by atoms with Crippen LogP contribution in [-0.4, -0.2) is 33.9 Å². The zero-order valence-corrected chi connectivity index (χ0v) is 17.5. The minimum Gasteiger partial charge on any atom is -0.444 e. The zero-order valence-electron chi connectivity index (χ0n) is 15.8. The first kappa shape index (κ1) is 21.6. The molecule has 1 unspecified atom stereocenters. The number of thioether (sulfide) groups is 2. The summed E-state index contributed by atoms with van der Waals surface area (Å²) < 4.78 is 24.7. The monoisotopic (exact) mass is 413 g/mol. The second-order valence-corrected chi connectivity index (χ2v) is 8.68. The van der Waals surface area contributed by atoms with Gasteiger partial charge in [0.05, 0.1) is 0 Å². The number of rotatable bonds is 8. The van der Waals surface area contributed by atoms with E-state index in [1.54, 1.807) is 50.7 Å². The quantitative estimate of drug-likeness (QED) is 0.622. The maximum atomic E-state index is 13.7. The zero-order chi connectivity index (χ0) is 19.9. The van der Waals surface area contributed by atoms with E-state index in [1.165, 1.54) is 17.8 Å². The van der Waals surface area contributed by atoms with Gasteiger partial charge in [-0.2, -0.15) is 11.8 Å². The second-order valence-electron chi connectivity index (χ2n) is 6.77. The lowest BCUT2D eigenvalue weighted by molar-refractivity contribution is 0.0493. The van der Waals surface area contributed by atoms with Crippen molar-refractivity contribution in [1.82, 2.24) is 15.5 Å². The molecule has 1 amide bonds. The van der Waals surface area contributed by atoms with Gasteiger partial charge < -0.3 is 14.5 Å². The summed E-state index contributed by atoms with van der Waals surface area (Å²) in [7, 11) is 0. The molecule has 0 radical (unpaired) electrons. The van der Waals surface area contributed by atoms with Gasteiger partial charge in [0.15, 0.2) is 0 Å². The van der Waals surface area contributed by atoms with E-state index in [4.69, 9.17) is 9.15 Å². The molecule has 9 heteroatoms. The Bertz CT molecular complexity index is 749. The molecule has 0 fully saturated rings. The smallest absolute Gasteiger partial charge is 0.408 e. The highest BCUT2D eigenvalue weighted by atomic mass is 32.2. The molecule has 1 N–H and O–H groups in total. The highest BCUT2D eigenvalue weighted by molar-refractivity contribution is 7.98. The lowest BCUT2D eigenvalue weighted by atomic mass is 10.2. The molecule has 0 saturated heterocycles. The summed E-state index contributed by atoms with van der Waals surface area (Å²) in [5, 5.41) is 11.1. The van der Waals surface area contributed by atoms with Crippen LogP contribution in [0.15, 0.2) is 33.9 Å². The molecular weight excluding hydrogens is 389 g/mol. The first-order chi connectivity index (χ1) is 12.8. The van der Waals surface area contributed by atoms with Crippen LogP contribution < -0.4 is 5.32 Å². The summed E-state index contributed by atoms with van der Waals surface area (Å²) in [6.07, 6.45) is 2.07. The van der Waals surface area contributed by atoms with Crippen molar-refractivity contribution in [1.29, 1.82) is 0 Å². The van der Waals surface area contributed by atoms with E-state index in [0.717, 1.165) is 5.75 Å². The van der Waals surface area contributed by atoms with Crippen molar-refractivity contribution in [2.75, 3.05) is 12.0 Å². The van der Waals surface area contributed by atoms with E-state index in [2.05, 4.69) is 15.5 Å². The SMILES string of the molecule is CSCCC(NC(=O)OC(C)(C)C)c1nnc(SCc2ccccc2F)o1. The predicted octanol–water partition coefficient (Wildman–Crippen LogP) is 4.82. The van der Waals surface area contributed by atoms with Crippen molar-refractivity contribution in [3.8, 4) is 0 Å². The molecule has 1 aromatic carbocycles. The lowest BCUT2D eigenvalue weighted by Crippen LogP contribution is -2.35. The predicted molar refractivity (Wildman–Crippen MR) is 105 cm³/mol. The Hall–Kier alpha value is -1.74. The molecular formula is C18H24FN3O3S2. The van der Waals surface area contributed by atoms with Crippen LogP contribution in [0.5, 0.6) is 0 Å². The highest BCUT2D eigenvalue weighted by Gasteiger charge is 2.24. The lowest BCUT2D eigenvalue weighted by Gasteiger charge is -2.22. The molecule has 0 aliphatic rings. The summed E-state index contributed by atoms with van der Waals surface area (Å²) in [5.41, 5.74) is -0.0305. The number of carbonyl (C=O) groups is 1. The summed E-state index contributed by atoms with van der Waals surface area (Å²) >= 11 is 2.90. The van der Waals surface area contributed by atoms with E-state index >= 15 is 0 Å². The van der Waals surface area contributed by atoms with Gasteiger partial charge in [-0.25, -0.2) is 9.18 Å². The highest BCUT2D eigenvalue weighted by Crippen LogP contribution is 2.26. The van der Waals surface area contributed by atoms with E-state index in [9.17, 15) is 9.18 Å². The largest absolute Gasteiger partial charge is 0.444 e. The van der Waals surface area contributed by atoms with E-state index in [-0.39, 0.29) is 5.82 Å². The number of nitrogens with one attached hydrogen (secondary N) is 1. The van der Waals surface area contributed by atoms with E-state index in [1.807, 2.05) is 6.26 Å². The van der Waals surface area contributed by atoms with Gasteiger partial charge in [0, 0.05) is 5.75 Å². The number of ether oxygens (including phenoxy) is 1. The number of halogens is 1. The average Bonchev–Trinajstić information content (AvgIpc) is 3.05. The minimum absolute atomic E-state index is 0.269. The topological polar surface area (TPSA) is 77.2 Å². The molecule has 0 saturated carbocycles. The first-order valence-electron chi connectivity index (χ1n) is 8.46. The van der Waals surface area contributed by atoms with Crippen molar-refractivity contribution in [2.45, 2.75) is 49.8 Å². The van der Waals surface area contributed by atoms with Crippen LogP contribution in [0, 0.1) is 5.82 Å². The van der Waals surface area contributed by atoms with Gasteiger partial charge in [0.2, 0.25) is 5.89 Å². The number of hydrogen-bond donors (Lipinski definition) is 1. The maximum Gasteiger partial charge on any atom is 0.408 e. The van der Waals surface area contributed by atoms with Crippen molar-refractivity contribution in [3.63, 3.8) is 0 Å². The molecule has 0 spiro atoms. The molecule has 2 aromatic rings. The Kier molecular flexibility index (Phi) is 7.97. The Balaban J connectivity index is 2.01. The van der Waals surface area contributed by atoms with E-state index < -0.39 is 17.7 Å². The minimum atomic E-state index is -0.594. The molecule has 148 valence electrons.